The van der Waals surface area contributed by atoms with Crippen molar-refractivity contribution >= 4 is 37.5 Å². The normalized spacial score (nSPS) is 16.4. The quantitative estimate of drug-likeness (QED) is 0.158. The lowest BCUT2D eigenvalue weighted by molar-refractivity contribution is 0.338. The zero-order valence-corrected chi connectivity index (χ0v) is 20.5. The van der Waals surface area contributed by atoms with Crippen LogP contribution in [0.25, 0.3) is 0 Å². The lowest BCUT2D eigenvalue weighted by Gasteiger charge is -2.46. The monoisotopic (exact) mass is 510 g/mol. The molecule has 2 rings (SSSR count). The largest absolute Gasteiger partial charge is 0.674 e. The first-order valence-electron chi connectivity index (χ1n) is 10.8. The van der Waals surface area contributed by atoms with Crippen molar-refractivity contribution in [1.29, 1.82) is 0 Å². The van der Waals surface area contributed by atoms with E-state index in [4.69, 9.17) is 40.2 Å². The molecule has 8 N–H and O–H groups in total. The third-order valence-electron chi connectivity index (χ3n) is 4.71. The van der Waals surface area contributed by atoms with Gasteiger partial charge in [0.15, 0.2) is 0 Å². The fourth-order valence-corrected chi connectivity index (χ4v) is 8.74. The number of hydrogen-bond donors (Lipinski definition) is 8. The third-order valence-corrected chi connectivity index (χ3v) is 8.87. The van der Waals surface area contributed by atoms with Crippen LogP contribution in [0.5, 0.6) is 0 Å². The summed E-state index contributed by atoms with van der Waals surface area (Å²) in [7, 11) is -10.4. The summed E-state index contributed by atoms with van der Waals surface area (Å²) in [5.41, 5.74) is 2.23. The summed E-state index contributed by atoms with van der Waals surface area (Å²) in [6.07, 6.45) is 15.3. The minimum absolute atomic E-state index is 0.262. The molecule has 0 aromatic heterocycles. The highest BCUT2D eigenvalue weighted by Crippen LogP contribution is 2.63. The predicted octanol–water partition coefficient (Wildman–Crippen LogP) is 1.63. The van der Waals surface area contributed by atoms with E-state index in [9.17, 15) is 17.3 Å². The maximum absolute atomic E-state index is 10.1. The van der Waals surface area contributed by atoms with Gasteiger partial charge >= 0.3 is 29.6 Å². The topological polar surface area (TPSA) is 162 Å². The van der Waals surface area contributed by atoms with Crippen LogP contribution in [0.2, 0.25) is 0 Å². The molecule has 0 saturated heterocycles. The van der Waals surface area contributed by atoms with Gasteiger partial charge in [0, 0.05) is 0 Å². The Morgan fingerprint density at radius 2 is 0.697 bits per heavy atom. The average molecular weight is 510 g/mol. The zero-order valence-electron chi connectivity index (χ0n) is 19.6. The molecule has 0 unspecified atom stereocenters. The molecule has 8 nitrogen and oxygen atoms in total. The molecule has 0 atom stereocenters. The van der Waals surface area contributed by atoms with E-state index in [1.807, 2.05) is 0 Å². The van der Waals surface area contributed by atoms with E-state index in [1.54, 1.807) is 25.7 Å². The summed E-state index contributed by atoms with van der Waals surface area (Å²) >= 11 is 0. The minimum atomic E-state index is -2.67. The van der Waals surface area contributed by atoms with Gasteiger partial charge in [-0.3, -0.25) is 17.3 Å². The highest BCUT2D eigenvalue weighted by atomic mass is 31.1. The van der Waals surface area contributed by atoms with Crippen LogP contribution in [0, 0.1) is 0 Å². The fourth-order valence-electron chi connectivity index (χ4n) is 4.11. The Morgan fingerprint density at radius 3 is 0.848 bits per heavy atom. The molecular weight excluding hydrogens is 470 g/mol. The van der Waals surface area contributed by atoms with E-state index in [-0.39, 0.29) is 7.92 Å². The minimum Gasteiger partial charge on any atom is -0.398 e. The summed E-state index contributed by atoms with van der Waals surface area (Å²) in [6, 6.07) is 0. The molecule has 2 aliphatic carbocycles. The first-order valence-corrected chi connectivity index (χ1v) is 12.3. The summed E-state index contributed by atoms with van der Waals surface area (Å²) in [6.45, 7) is 7.59. The SMILES string of the molecule is CC(C)(C)P(C1CCCCC1)C1CCCCC1.OB(O)F.OB(O)F.OB(O)F.OB(O)F. The van der Waals surface area contributed by atoms with Crippen molar-refractivity contribution in [3.8, 4) is 0 Å². The second-order valence-electron chi connectivity index (χ2n) is 8.40. The Hall–Kier alpha value is 0.0897. The first kappa shape index (κ1) is 37.6. The smallest absolute Gasteiger partial charge is 0.398 e. The standard InChI is InChI=1S/C16H31P.4BFH2O2/c1-16(2,3)17(14-10-6-4-7-11-14)15-12-8-5-9-13-15;4*2-1(3)4/h14-15H,4-13H2,1-3H3;4*3-4H. The number of rotatable bonds is 2. The van der Waals surface area contributed by atoms with Gasteiger partial charge in [-0.25, -0.2) is 0 Å². The average Bonchev–Trinajstić information content (AvgIpc) is 2.60. The molecule has 0 aliphatic heterocycles. The van der Waals surface area contributed by atoms with Crippen molar-refractivity contribution in [3.05, 3.63) is 0 Å². The van der Waals surface area contributed by atoms with Crippen LogP contribution in [0.4, 0.5) is 17.3 Å². The van der Waals surface area contributed by atoms with Crippen LogP contribution in [-0.2, 0) is 0 Å². The van der Waals surface area contributed by atoms with Crippen LogP contribution < -0.4 is 0 Å². The van der Waals surface area contributed by atoms with Gasteiger partial charge in [0.25, 0.3) is 0 Å². The molecule has 0 heterocycles. The molecule has 0 amide bonds. The van der Waals surface area contributed by atoms with Gasteiger partial charge in [0.05, 0.1) is 0 Å². The molecule has 33 heavy (non-hydrogen) atoms. The molecule has 2 aliphatic rings. The maximum atomic E-state index is 10.1. The van der Waals surface area contributed by atoms with E-state index in [1.165, 1.54) is 38.5 Å². The van der Waals surface area contributed by atoms with Crippen LogP contribution in [0.1, 0.15) is 85.0 Å². The van der Waals surface area contributed by atoms with E-state index in [0.717, 1.165) is 11.3 Å². The van der Waals surface area contributed by atoms with Crippen molar-refractivity contribution in [1.82, 2.24) is 0 Å². The van der Waals surface area contributed by atoms with Crippen molar-refractivity contribution in [2.75, 3.05) is 0 Å². The van der Waals surface area contributed by atoms with Gasteiger partial charge in [-0.05, 0) is 42.2 Å². The Labute approximate surface area is 197 Å². The highest BCUT2D eigenvalue weighted by Gasteiger charge is 2.38. The second-order valence-corrected chi connectivity index (χ2v) is 12.0. The van der Waals surface area contributed by atoms with E-state index >= 15 is 0 Å². The Balaban J connectivity index is -0.000000462. The van der Waals surface area contributed by atoms with Crippen molar-refractivity contribution in [2.24, 2.45) is 0 Å². The van der Waals surface area contributed by atoms with E-state index in [2.05, 4.69) is 20.8 Å². The van der Waals surface area contributed by atoms with Crippen LogP contribution >= 0.6 is 7.92 Å². The molecule has 17 heteroatoms. The van der Waals surface area contributed by atoms with Crippen molar-refractivity contribution < 1.29 is 57.5 Å². The molecule has 0 aromatic carbocycles. The lowest BCUT2D eigenvalue weighted by Crippen LogP contribution is -2.30. The fraction of sp³-hybridized carbons (Fsp3) is 1.00. The molecular formula is C16H39B4F4O8P. The molecule has 0 radical (unpaired) electrons. The van der Waals surface area contributed by atoms with Gasteiger partial charge < -0.3 is 40.2 Å². The summed E-state index contributed by atoms with van der Waals surface area (Å²) in [5.74, 6) is 0. The van der Waals surface area contributed by atoms with Gasteiger partial charge in [-0.15, -0.1) is 0 Å². The van der Waals surface area contributed by atoms with E-state index < -0.39 is 29.6 Å². The van der Waals surface area contributed by atoms with Gasteiger partial charge in [-0.1, -0.05) is 67.2 Å². The molecule has 196 valence electrons. The maximum Gasteiger partial charge on any atom is 0.674 e. The number of hydrogen-bond acceptors (Lipinski definition) is 8. The van der Waals surface area contributed by atoms with Crippen LogP contribution in [0.15, 0.2) is 0 Å². The molecule has 0 spiro atoms. The number of halogens is 4. The van der Waals surface area contributed by atoms with Crippen molar-refractivity contribution in [2.45, 2.75) is 101 Å². The van der Waals surface area contributed by atoms with Crippen LogP contribution in [-0.4, -0.2) is 86.2 Å². The summed E-state index contributed by atoms with van der Waals surface area (Å²) in [4.78, 5) is 0. The van der Waals surface area contributed by atoms with Gasteiger partial charge in [-0.2, -0.15) is 0 Å². The van der Waals surface area contributed by atoms with Gasteiger partial charge in [0.1, 0.15) is 0 Å². The summed E-state index contributed by atoms with van der Waals surface area (Å²) in [5, 5.41) is 56.2. The molecule has 2 fully saturated rings. The molecule has 2 saturated carbocycles. The van der Waals surface area contributed by atoms with Crippen molar-refractivity contribution in [3.63, 3.8) is 0 Å². The molecule has 0 aromatic rings. The Morgan fingerprint density at radius 1 is 0.515 bits per heavy atom. The van der Waals surface area contributed by atoms with Crippen LogP contribution in [0.3, 0.4) is 0 Å². The molecule has 0 bridgehead atoms. The lowest BCUT2D eigenvalue weighted by atomic mass is 9.99. The zero-order chi connectivity index (χ0) is 26.6. The third kappa shape index (κ3) is 32.1. The van der Waals surface area contributed by atoms with E-state index in [0.29, 0.717) is 5.16 Å². The van der Waals surface area contributed by atoms with Gasteiger partial charge in [0.2, 0.25) is 0 Å². The second kappa shape index (κ2) is 22.5. The Bertz CT molecular complexity index is 365. The predicted molar refractivity (Wildman–Crippen MR) is 126 cm³/mol. The Kier molecular flexibility index (Phi) is 25.7. The summed E-state index contributed by atoms with van der Waals surface area (Å²) < 4.78 is 40.4. The first-order chi connectivity index (χ1) is 15.0. The highest BCUT2D eigenvalue weighted by molar-refractivity contribution is 7.60.